The topological polar surface area (TPSA) is 69.5 Å². The Bertz CT molecular complexity index is 670. The van der Waals surface area contributed by atoms with Crippen LogP contribution < -0.4 is 19.1 Å². The van der Waals surface area contributed by atoms with Crippen molar-refractivity contribution >= 4 is 10.0 Å². The second-order valence-electron chi connectivity index (χ2n) is 6.14. The summed E-state index contributed by atoms with van der Waals surface area (Å²) >= 11 is 0. The van der Waals surface area contributed by atoms with Gasteiger partial charge in [-0.1, -0.05) is 6.92 Å². The summed E-state index contributed by atoms with van der Waals surface area (Å²) in [5, 5.41) is 0. The fraction of sp³-hybridized carbons (Fsp3) is 0.647. The molecular formula is C17H29N2O5S+. The lowest BCUT2D eigenvalue weighted by Gasteiger charge is -2.31. The molecule has 0 aliphatic carbocycles. The van der Waals surface area contributed by atoms with Crippen molar-refractivity contribution in [2.75, 3.05) is 53.3 Å². The molecule has 8 heteroatoms. The fourth-order valence-electron chi connectivity index (χ4n) is 3.22. The molecule has 1 heterocycles. The van der Waals surface area contributed by atoms with Crippen LogP contribution in [0.3, 0.4) is 0 Å². The predicted octanol–water partition coefficient (Wildman–Crippen LogP) is 0.153. The Balaban J connectivity index is 2.07. The van der Waals surface area contributed by atoms with Gasteiger partial charge in [0.05, 0.1) is 58.8 Å². The molecule has 0 spiro atoms. The zero-order valence-corrected chi connectivity index (χ0v) is 16.3. The van der Waals surface area contributed by atoms with Crippen LogP contribution in [0.5, 0.6) is 17.2 Å². The molecule has 142 valence electrons. The molecule has 1 aliphatic rings. The van der Waals surface area contributed by atoms with Crippen molar-refractivity contribution < 1.29 is 27.5 Å². The minimum absolute atomic E-state index is 0.228. The SMILES string of the molecule is CCCS(=O)(=O)N1CC[NH+](Cc2ccc(OC)c(OC)c2OC)CC1. The molecule has 0 radical (unpaired) electrons. The molecule has 1 aromatic rings. The monoisotopic (exact) mass is 373 g/mol. The maximum absolute atomic E-state index is 12.2. The number of hydrogen-bond acceptors (Lipinski definition) is 5. The summed E-state index contributed by atoms with van der Waals surface area (Å²) in [5.74, 6) is 2.13. The minimum Gasteiger partial charge on any atom is -0.493 e. The predicted molar refractivity (Wildman–Crippen MR) is 96.1 cm³/mol. The van der Waals surface area contributed by atoms with E-state index < -0.39 is 10.0 Å². The molecule has 0 atom stereocenters. The number of quaternary nitrogens is 1. The molecule has 2 rings (SSSR count). The van der Waals surface area contributed by atoms with Gasteiger partial charge in [-0.25, -0.2) is 8.42 Å². The number of hydrogen-bond donors (Lipinski definition) is 1. The van der Waals surface area contributed by atoms with Gasteiger partial charge < -0.3 is 19.1 Å². The average Bonchev–Trinajstić information content (AvgIpc) is 2.61. The molecule has 0 saturated carbocycles. The van der Waals surface area contributed by atoms with Gasteiger partial charge in [0, 0.05) is 0 Å². The molecular weight excluding hydrogens is 344 g/mol. The Labute approximate surface area is 150 Å². The molecule has 0 amide bonds. The normalized spacial score (nSPS) is 16.6. The first-order chi connectivity index (χ1) is 12.0. The number of ether oxygens (including phenoxy) is 3. The summed E-state index contributed by atoms with van der Waals surface area (Å²) in [5.41, 5.74) is 1.03. The minimum atomic E-state index is -3.10. The van der Waals surface area contributed by atoms with Crippen LogP contribution in [0, 0.1) is 0 Å². The first kappa shape index (κ1) is 19.8. The number of nitrogens with zero attached hydrogens (tertiary/aromatic N) is 1. The van der Waals surface area contributed by atoms with Crippen LogP contribution in [0.2, 0.25) is 0 Å². The summed E-state index contributed by atoms with van der Waals surface area (Å²) in [6.07, 6.45) is 0.651. The molecule has 0 unspecified atom stereocenters. The third-order valence-electron chi connectivity index (χ3n) is 4.51. The lowest BCUT2D eigenvalue weighted by atomic mass is 10.1. The second kappa shape index (κ2) is 8.73. The zero-order valence-electron chi connectivity index (χ0n) is 15.5. The molecule has 1 N–H and O–H groups in total. The number of sulfonamides is 1. The lowest BCUT2D eigenvalue weighted by molar-refractivity contribution is -0.917. The van der Waals surface area contributed by atoms with Crippen molar-refractivity contribution in [3.05, 3.63) is 17.7 Å². The molecule has 1 aliphatic heterocycles. The number of rotatable bonds is 8. The highest BCUT2D eigenvalue weighted by Crippen LogP contribution is 2.39. The van der Waals surface area contributed by atoms with E-state index in [4.69, 9.17) is 14.2 Å². The van der Waals surface area contributed by atoms with E-state index in [2.05, 4.69) is 0 Å². The number of benzene rings is 1. The van der Waals surface area contributed by atoms with Gasteiger partial charge >= 0.3 is 0 Å². The Hall–Kier alpha value is -1.51. The highest BCUT2D eigenvalue weighted by atomic mass is 32.2. The van der Waals surface area contributed by atoms with Gasteiger partial charge in [-0.3, -0.25) is 0 Å². The van der Waals surface area contributed by atoms with Crippen molar-refractivity contribution in [3.8, 4) is 17.2 Å². The Morgan fingerprint density at radius 2 is 1.68 bits per heavy atom. The van der Waals surface area contributed by atoms with Crippen molar-refractivity contribution in [1.29, 1.82) is 0 Å². The average molecular weight is 373 g/mol. The maximum Gasteiger partial charge on any atom is 0.214 e. The van der Waals surface area contributed by atoms with E-state index in [1.807, 2.05) is 19.1 Å². The largest absolute Gasteiger partial charge is 0.493 e. The Morgan fingerprint density at radius 1 is 1.04 bits per heavy atom. The van der Waals surface area contributed by atoms with Crippen molar-refractivity contribution in [3.63, 3.8) is 0 Å². The van der Waals surface area contributed by atoms with E-state index in [1.54, 1.807) is 25.6 Å². The van der Waals surface area contributed by atoms with Crippen LogP contribution in [0.4, 0.5) is 0 Å². The van der Waals surface area contributed by atoms with Crippen LogP contribution in [0.25, 0.3) is 0 Å². The fourth-order valence-corrected chi connectivity index (χ4v) is 4.73. The van der Waals surface area contributed by atoms with Gasteiger partial charge in [-0.05, 0) is 18.6 Å². The van der Waals surface area contributed by atoms with Gasteiger partial charge in [0.15, 0.2) is 11.5 Å². The summed E-state index contributed by atoms with van der Waals surface area (Å²) < 4.78 is 42.2. The van der Waals surface area contributed by atoms with E-state index in [0.29, 0.717) is 36.8 Å². The van der Waals surface area contributed by atoms with Crippen LogP contribution >= 0.6 is 0 Å². The van der Waals surface area contributed by atoms with Crippen LogP contribution in [-0.4, -0.2) is 66.0 Å². The highest BCUT2D eigenvalue weighted by molar-refractivity contribution is 7.89. The smallest absolute Gasteiger partial charge is 0.214 e. The molecule has 1 fully saturated rings. The third-order valence-corrected chi connectivity index (χ3v) is 6.59. The van der Waals surface area contributed by atoms with Gasteiger partial charge in [0.1, 0.15) is 6.54 Å². The summed E-state index contributed by atoms with van der Waals surface area (Å²) in [6, 6.07) is 3.85. The van der Waals surface area contributed by atoms with E-state index in [1.165, 1.54) is 4.90 Å². The van der Waals surface area contributed by atoms with Crippen LogP contribution in [-0.2, 0) is 16.6 Å². The Kier molecular flexibility index (Phi) is 6.92. The molecule has 25 heavy (non-hydrogen) atoms. The van der Waals surface area contributed by atoms with Gasteiger partial charge in [0.2, 0.25) is 15.8 Å². The quantitative estimate of drug-likeness (QED) is 0.703. The molecule has 0 aromatic heterocycles. The molecule has 0 bridgehead atoms. The number of nitrogens with one attached hydrogen (secondary N) is 1. The van der Waals surface area contributed by atoms with Gasteiger partial charge in [-0.2, -0.15) is 4.31 Å². The van der Waals surface area contributed by atoms with Crippen LogP contribution in [0.1, 0.15) is 18.9 Å². The number of piperazine rings is 1. The zero-order chi connectivity index (χ0) is 18.4. The molecule has 1 saturated heterocycles. The van der Waals surface area contributed by atoms with E-state index in [9.17, 15) is 8.42 Å². The Morgan fingerprint density at radius 3 is 2.20 bits per heavy atom. The van der Waals surface area contributed by atoms with Crippen LogP contribution in [0.15, 0.2) is 12.1 Å². The summed E-state index contributed by atoms with van der Waals surface area (Å²) in [7, 11) is 1.70. The van der Waals surface area contributed by atoms with Crippen molar-refractivity contribution in [1.82, 2.24) is 4.31 Å². The summed E-state index contributed by atoms with van der Waals surface area (Å²) in [6.45, 7) is 5.33. The van der Waals surface area contributed by atoms with Gasteiger partial charge in [-0.15, -0.1) is 0 Å². The van der Waals surface area contributed by atoms with E-state index >= 15 is 0 Å². The maximum atomic E-state index is 12.2. The first-order valence-corrected chi connectivity index (χ1v) is 10.2. The van der Waals surface area contributed by atoms with E-state index in [0.717, 1.165) is 25.2 Å². The van der Waals surface area contributed by atoms with Crippen molar-refractivity contribution in [2.45, 2.75) is 19.9 Å². The van der Waals surface area contributed by atoms with Gasteiger partial charge in [0.25, 0.3) is 0 Å². The third kappa shape index (κ3) is 4.56. The number of methoxy groups -OCH3 is 3. The first-order valence-electron chi connectivity index (χ1n) is 8.56. The van der Waals surface area contributed by atoms with Crippen molar-refractivity contribution in [2.24, 2.45) is 0 Å². The van der Waals surface area contributed by atoms with E-state index in [-0.39, 0.29) is 5.75 Å². The summed E-state index contributed by atoms with van der Waals surface area (Å²) in [4.78, 5) is 1.33. The molecule has 7 nitrogen and oxygen atoms in total. The highest BCUT2D eigenvalue weighted by Gasteiger charge is 2.29. The molecule has 1 aromatic carbocycles. The standard InChI is InChI=1S/C17H28N2O5S/c1-5-12-25(20,21)19-10-8-18(9-11-19)13-14-6-7-15(22-2)17(24-4)16(14)23-3/h6-7H,5,8-13H2,1-4H3/p+1. The lowest BCUT2D eigenvalue weighted by Crippen LogP contribution is -3.13. The second-order valence-corrected chi connectivity index (χ2v) is 8.22.